The molecule has 4 aromatic carbocycles. The van der Waals surface area contributed by atoms with Crippen molar-refractivity contribution in [3.8, 4) is 11.5 Å². The highest BCUT2D eigenvalue weighted by Gasteiger charge is 2.43. The Bertz CT molecular complexity index is 1110. The fourth-order valence-corrected chi connectivity index (χ4v) is 7.39. The molecule has 0 aliphatic rings. The van der Waals surface area contributed by atoms with Crippen LogP contribution in [0.25, 0.3) is 0 Å². The highest BCUT2D eigenvalue weighted by molar-refractivity contribution is 7.95. The molecule has 0 aliphatic carbocycles. The summed E-state index contributed by atoms with van der Waals surface area (Å²) in [6.07, 6.45) is 0. The van der Waals surface area contributed by atoms with Gasteiger partial charge in [-0.15, -0.1) is 0 Å². The maximum Gasteiger partial charge on any atom is 0.170 e. The number of hydrogen-bond acceptors (Lipinski definition) is 1. The minimum absolute atomic E-state index is 0.915. The molecule has 150 valence electrons. The molecule has 0 spiro atoms. The van der Waals surface area contributed by atoms with Crippen molar-refractivity contribution >= 4 is 23.2 Å². The van der Waals surface area contributed by atoms with E-state index in [-0.39, 0.29) is 0 Å². The van der Waals surface area contributed by atoms with Gasteiger partial charge >= 0.3 is 0 Å². The minimum Gasteiger partial charge on any atom is -0.453 e. The summed E-state index contributed by atoms with van der Waals surface area (Å²) in [7, 11) is -1.88. The topological polar surface area (TPSA) is 9.23 Å². The number of benzene rings is 4. The average molecular weight is 412 g/mol. The molecule has 0 amide bonds. The van der Waals surface area contributed by atoms with E-state index in [1.54, 1.807) is 0 Å². The maximum atomic E-state index is 6.57. The normalized spacial score (nSPS) is 11.3. The van der Waals surface area contributed by atoms with E-state index < -0.39 is 7.26 Å². The van der Waals surface area contributed by atoms with Gasteiger partial charge in [0, 0.05) is 0 Å². The molecule has 0 N–H and O–H groups in total. The highest BCUT2D eigenvalue weighted by Crippen LogP contribution is 2.54. The Morgan fingerprint density at radius 2 is 1.07 bits per heavy atom. The van der Waals surface area contributed by atoms with Gasteiger partial charge in [0.1, 0.15) is 28.9 Å². The molecule has 0 fully saturated rings. The molecule has 0 saturated heterocycles. The van der Waals surface area contributed by atoms with Crippen LogP contribution in [0.5, 0.6) is 11.5 Å². The van der Waals surface area contributed by atoms with E-state index in [9.17, 15) is 0 Å². The van der Waals surface area contributed by atoms with E-state index in [0.29, 0.717) is 0 Å². The average Bonchev–Trinajstić information content (AvgIpc) is 2.77. The van der Waals surface area contributed by atoms with Crippen molar-refractivity contribution in [1.82, 2.24) is 0 Å². The lowest BCUT2D eigenvalue weighted by atomic mass is 10.1. The predicted octanol–water partition coefficient (Wildman–Crippen LogP) is 6.33. The van der Waals surface area contributed by atoms with Crippen molar-refractivity contribution in [3.05, 3.63) is 114 Å². The molecule has 0 radical (unpaired) electrons. The van der Waals surface area contributed by atoms with E-state index in [0.717, 1.165) is 17.1 Å². The lowest BCUT2D eigenvalue weighted by molar-refractivity contribution is 0.482. The molecule has 0 heterocycles. The van der Waals surface area contributed by atoms with Gasteiger partial charge in [0.05, 0.1) is 6.66 Å². The van der Waals surface area contributed by atoms with Crippen LogP contribution < -0.4 is 20.7 Å². The molecule has 0 bridgehead atoms. The summed E-state index contributed by atoms with van der Waals surface area (Å²) in [6.45, 7) is 8.78. The molecule has 0 aliphatic heterocycles. The zero-order valence-electron chi connectivity index (χ0n) is 18.1. The van der Waals surface area contributed by atoms with E-state index in [2.05, 4.69) is 124 Å². The molecular formula is C28H28OP+. The van der Waals surface area contributed by atoms with Gasteiger partial charge in [-0.05, 0) is 74.4 Å². The summed E-state index contributed by atoms with van der Waals surface area (Å²) in [4.78, 5) is 0. The summed E-state index contributed by atoms with van der Waals surface area (Å²) in [5.74, 6) is 1.86. The Morgan fingerprint density at radius 3 is 1.60 bits per heavy atom. The lowest BCUT2D eigenvalue weighted by Gasteiger charge is -2.25. The standard InChI is InChI=1S/C28H28OP/c1-21-15-17-26(23(3)19-21)29-27-18-16-22(2)20-28(27)30(4,24-11-7-5-8-12-24)25-13-9-6-10-14-25/h5-20H,1-4H3/q+1. The minimum atomic E-state index is -1.88. The van der Waals surface area contributed by atoms with Crippen LogP contribution in [0, 0.1) is 20.8 Å². The molecule has 0 saturated carbocycles. The number of ether oxygens (including phenoxy) is 1. The summed E-state index contributed by atoms with van der Waals surface area (Å²) in [5, 5.41) is 3.99. The SMILES string of the molecule is Cc1ccc(Oc2ccc(C)cc2[P+](C)(c2ccccc2)c2ccccc2)c(C)c1. The largest absolute Gasteiger partial charge is 0.453 e. The Hall–Kier alpha value is -2.89. The van der Waals surface area contributed by atoms with Gasteiger partial charge in [0.25, 0.3) is 0 Å². The van der Waals surface area contributed by atoms with Crippen LogP contribution in [-0.2, 0) is 0 Å². The summed E-state index contributed by atoms with van der Waals surface area (Å²) >= 11 is 0. The lowest BCUT2D eigenvalue weighted by Crippen LogP contribution is -2.31. The third-order valence-corrected chi connectivity index (χ3v) is 9.67. The quantitative estimate of drug-likeness (QED) is 0.349. The Kier molecular flexibility index (Phi) is 5.75. The summed E-state index contributed by atoms with van der Waals surface area (Å²) < 4.78 is 6.57. The second-order valence-electron chi connectivity index (χ2n) is 8.02. The first kappa shape index (κ1) is 20.4. The molecule has 2 heteroatoms. The molecule has 4 aromatic rings. The molecule has 4 rings (SSSR count). The van der Waals surface area contributed by atoms with Crippen LogP contribution in [0.2, 0.25) is 0 Å². The van der Waals surface area contributed by atoms with Crippen molar-refractivity contribution in [2.75, 3.05) is 6.66 Å². The van der Waals surface area contributed by atoms with Crippen LogP contribution >= 0.6 is 7.26 Å². The summed E-state index contributed by atoms with van der Waals surface area (Å²) in [5.41, 5.74) is 3.65. The smallest absolute Gasteiger partial charge is 0.170 e. The maximum absolute atomic E-state index is 6.57. The molecule has 0 unspecified atom stereocenters. The van der Waals surface area contributed by atoms with Crippen molar-refractivity contribution in [1.29, 1.82) is 0 Å². The number of hydrogen-bond donors (Lipinski definition) is 0. The zero-order chi connectivity index (χ0) is 21.1. The first-order chi connectivity index (χ1) is 14.5. The fourth-order valence-electron chi connectivity index (χ4n) is 3.98. The predicted molar refractivity (Wildman–Crippen MR) is 132 cm³/mol. The molecule has 0 aromatic heterocycles. The van der Waals surface area contributed by atoms with Crippen LogP contribution in [0.1, 0.15) is 16.7 Å². The van der Waals surface area contributed by atoms with Gasteiger partial charge in [-0.2, -0.15) is 0 Å². The van der Waals surface area contributed by atoms with Crippen molar-refractivity contribution in [2.45, 2.75) is 20.8 Å². The third kappa shape index (κ3) is 3.91. The van der Waals surface area contributed by atoms with Crippen LogP contribution in [0.3, 0.4) is 0 Å². The van der Waals surface area contributed by atoms with Gasteiger partial charge in [0.2, 0.25) is 0 Å². The molecule has 30 heavy (non-hydrogen) atoms. The Balaban J connectivity index is 1.93. The molecular weight excluding hydrogens is 383 g/mol. The summed E-state index contributed by atoms with van der Waals surface area (Å²) in [6, 6.07) is 34.7. The van der Waals surface area contributed by atoms with Gasteiger partial charge < -0.3 is 4.74 Å². The van der Waals surface area contributed by atoms with E-state index >= 15 is 0 Å². The van der Waals surface area contributed by atoms with Crippen LogP contribution in [0.4, 0.5) is 0 Å². The first-order valence-electron chi connectivity index (χ1n) is 10.3. The fraction of sp³-hybridized carbons (Fsp3) is 0.143. The van der Waals surface area contributed by atoms with Gasteiger partial charge in [-0.1, -0.05) is 60.2 Å². The van der Waals surface area contributed by atoms with Gasteiger partial charge in [-0.3, -0.25) is 0 Å². The molecule has 0 atom stereocenters. The van der Waals surface area contributed by atoms with E-state index in [1.165, 1.54) is 27.0 Å². The Morgan fingerprint density at radius 1 is 0.567 bits per heavy atom. The van der Waals surface area contributed by atoms with Crippen molar-refractivity contribution in [2.24, 2.45) is 0 Å². The number of aryl methyl sites for hydroxylation is 3. The monoisotopic (exact) mass is 411 g/mol. The van der Waals surface area contributed by atoms with Gasteiger partial charge in [0.15, 0.2) is 5.75 Å². The second kappa shape index (κ2) is 8.46. The Labute approximate surface area is 180 Å². The molecule has 1 nitrogen and oxygen atoms in total. The van der Waals surface area contributed by atoms with E-state index in [4.69, 9.17) is 4.74 Å². The van der Waals surface area contributed by atoms with Crippen molar-refractivity contribution < 1.29 is 4.74 Å². The van der Waals surface area contributed by atoms with E-state index in [1.807, 2.05) is 0 Å². The van der Waals surface area contributed by atoms with Crippen molar-refractivity contribution in [3.63, 3.8) is 0 Å². The first-order valence-corrected chi connectivity index (χ1v) is 12.6. The van der Waals surface area contributed by atoms with Crippen LogP contribution in [-0.4, -0.2) is 6.66 Å². The zero-order valence-corrected chi connectivity index (χ0v) is 19.0. The highest BCUT2D eigenvalue weighted by atomic mass is 31.2. The van der Waals surface area contributed by atoms with Crippen LogP contribution in [0.15, 0.2) is 97.1 Å². The van der Waals surface area contributed by atoms with Gasteiger partial charge in [-0.25, -0.2) is 0 Å². The number of rotatable bonds is 5. The third-order valence-electron chi connectivity index (χ3n) is 5.69. The second-order valence-corrected chi connectivity index (χ2v) is 11.5.